The lowest BCUT2D eigenvalue weighted by Gasteiger charge is -2.24. The molecule has 2 rings (SSSR count). The zero-order chi connectivity index (χ0) is 14.5. The number of carbonyl (C=O) groups excluding carboxylic acids is 2. The first-order chi connectivity index (χ1) is 9.58. The number of hydrogen-bond donors (Lipinski definition) is 3. The molecule has 20 heavy (non-hydrogen) atoms. The van der Waals surface area contributed by atoms with E-state index in [1.807, 2.05) is 6.92 Å². The molecule has 0 aliphatic heterocycles. The van der Waals surface area contributed by atoms with Gasteiger partial charge in [-0.3, -0.25) is 14.7 Å². The Hall–Kier alpha value is -1.92. The summed E-state index contributed by atoms with van der Waals surface area (Å²) in [6.07, 6.45) is 5.60. The van der Waals surface area contributed by atoms with Crippen molar-refractivity contribution in [2.75, 3.05) is 0 Å². The van der Waals surface area contributed by atoms with Gasteiger partial charge in [-0.1, -0.05) is 12.8 Å². The van der Waals surface area contributed by atoms with Crippen molar-refractivity contribution in [3.8, 4) is 0 Å². The molecule has 1 aromatic heterocycles. The zero-order valence-electron chi connectivity index (χ0n) is 11.8. The number of amides is 2. The molecule has 0 bridgehead atoms. The Morgan fingerprint density at radius 3 is 2.60 bits per heavy atom. The standard InChI is InChI=1S/C13H21N5O2/c1-8(12-14-7-15-18-12)16-13(20)11(17-9(2)19)10-5-3-4-6-10/h7-8,10-11H,3-6H2,1-2H3,(H,16,20)(H,17,19)(H,14,15,18)/t8-,11+/m1/s1. The van der Waals surface area contributed by atoms with Gasteiger partial charge in [-0.2, -0.15) is 5.10 Å². The maximum Gasteiger partial charge on any atom is 0.243 e. The third-order valence-corrected chi connectivity index (χ3v) is 3.72. The van der Waals surface area contributed by atoms with E-state index in [1.165, 1.54) is 13.3 Å². The predicted octanol–water partition coefficient (Wildman–Crippen LogP) is 0.677. The largest absolute Gasteiger partial charge is 0.345 e. The third-order valence-electron chi connectivity index (χ3n) is 3.72. The van der Waals surface area contributed by atoms with Crippen LogP contribution in [0, 0.1) is 5.92 Å². The number of rotatable bonds is 5. The molecule has 0 unspecified atom stereocenters. The highest BCUT2D eigenvalue weighted by atomic mass is 16.2. The SMILES string of the molecule is CC(=O)N[C@H](C(=O)N[C@H](C)c1ncn[nH]1)C1CCCC1. The molecule has 0 aromatic carbocycles. The van der Waals surface area contributed by atoms with Gasteiger partial charge in [0.15, 0.2) is 0 Å². The number of hydrogen-bond acceptors (Lipinski definition) is 4. The summed E-state index contributed by atoms with van der Waals surface area (Å²) in [5.74, 6) is 0.493. The summed E-state index contributed by atoms with van der Waals surface area (Å²) < 4.78 is 0. The quantitative estimate of drug-likeness (QED) is 0.737. The Balaban J connectivity index is 2.00. The van der Waals surface area contributed by atoms with Gasteiger partial charge < -0.3 is 10.6 Å². The van der Waals surface area contributed by atoms with Gasteiger partial charge in [-0.15, -0.1) is 0 Å². The average molecular weight is 279 g/mol. The fraction of sp³-hybridized carbons (Fsp3) is 0.692. The highest BCUT2D eigenvalue weighted by Crippen LogP contribution is 2.28. The highest BCUT2D eigenvalue weighted by Gasteiger charge is 2.32. The molecule has 110 valence electrons. The normalized spacial score (nSPS) is 18.5. The van der Waals surface area contributed by atoms with Crippen LogP contribution in [-0.4, -0.2) is 33.0 Å². The molecule has 0 spiro atoms. The molecule has 1 aliphatic rings. The molecule has 0 saturated heterocycles. The topological polar surface area (TPSA) is 99.8 Å². The molecule has 1 aliphatic carbocycles. The molecule has 1 heterocycles. The van der Waals surface area contributed by atoms with Gasteiger partial charge in [0, 0.05) is 6.92 Å². The van der Waals surface area contributed by atoms with E-state index in [0.29, 0.717) is 5.82 Å². The molecule has 3 N–H and O–H groups in total. The van der Waals surface area contributed by atoms with Crippen LogP contribution in [0.25, 0.3) is 0 Å². The summed E-state index contributed by atoms with van der Waals surface area (Å²) in [6.45, 7) is 3.27. The van der Waals surface area contributed by atoms with Crippen LogP contribution in [0.2, 0.25) is 0 Å². The van der Waals surface area contributed by atoms with Crippen LogP contribution < -0.4 is 10.6 Å². The summed E-state index contributed by atoms with van der Waals surface area (Å²) in [5.41, 5.74) is 0. The maximum absolute atomic E-state index is 12.4. The van der Waals surface area contributed by atoms with Crippen molar-refractivity contribution in [3.05, 3.63) is 12.2 Å². The number of H-pyrrole nitrogens is 1. The third kappa shape index (κ3) is 3.55. The lowest BCUT2D eigenvalue weighted by molar-refractivity contribution is -0.129. The van der Waals surface area contributed by atoms with Crippen LogP contribution in [0.3, 0.4) is 0 Å². The second-order valence-electron chi connectivity index (χ2n) is 5.32. The highest BCUT2D eigenvalue weighted by molar-refractivity contribution is 5.87. The minimum absolute atomic E-state index is 0.156. The molecule has 7 heteroatoms. The summed E-state index contributed by atoms with van der Waals surface area (Å²) in [4.78, 5) is 27.7. The first kappa shape index (κ1) is 14.5. The number of carbonyl (C=O) groups is 2. The summed E-state index contributed by atoms with van der Waals surface area (Å²) >= 11 is 0. The van der Waals surface area contributed by atoms with Crippen molar-refractivity contribution in [2.24, 2.45) is 5.92 Å². The number of nitrogens with zero attached hydrogens (tertiary/aromatic N) is 2. The molecule has 2 atom stereocenters. The fourth-order valence-electron chi connectivity index (χ4n) is 2.70. The summed E-state index contributed by atoms with van der Waals surface area (Å²) in [6, 6.07) is -0.719. The first-order valence-corrected chi connectivity index (χ1v) is 7.00. The Bertz CT molecular complexity index is 453. The van der Waals surface area contributed by atoms with Crippen molar-refractivity contribution in [1.29, 1.82) is 0 Å². The van der Waals surface area contributed by atoms with Crippen molar-refractivity contribution in [3.63, 3.8) is 0 Å². The molecule has 7 nitrogen and oxygen atoms in total. The molecule has 1 aromatic rings. The monoisotopic (exact) mass is 279 g/mol. The predicted molar refractivity (Wildman–Crippen MR) is 72.5 cm³/mol. The van der Waals surface area contributed by atoms with Gasteiger partial charge in [-0.25, -0.2) is 4.98 Å². The molecular weight excluding hydrogens is 258 g/mol. The lowest BCUT2D eigenvalue weighted by Crippen LogP contribution is -2.50. The van der Waals surface area contributed by atoms with Crippen LogP contribution in [0.5, 0.6) is 0 Å². The van der Waals surface area contributed by atoms with Crippen LogP contribution in [0.4, 0.5) is 0 Å². The van der Waals surface area contributed by atoms with Crippen LogP contribution >= 0.6 is 0 Å². The number of nitrogens with one attached hydrogen (secondary N) is 3. The average Bonchev–Trinajstić information content (AvgIpc) is 3.08. The molecule has 1 saturated carbocycles. The summed E-state index contributed by atoms with van der Waals surface area (Å²) in [5, 5.41) is 12.1. The Morgan fingerprint density at radius 2 is 2.05 bits per heavy atom. The number of aromatic nitrogens is 3. The van der Waals surface area contributed by atoms with Gasteiger partial charge in [0.05, 0.1) is 6.04 Å². The Kier molecular flexibility index (Phi) is 4.70. The molecule has 0 radical (unpaired) electrons. The second kappa shape index (κ2) is 6.49. The van der Waals surface area contributed by atoms with Gasteiger partial charge in [0.1, 0.15) is 18.2 Å². The van der Waals surface area contributed by atoms with Crippen LogP contribution in [-0.2, 0) is 9.59 Å². The summed E-state index contributed by atoms with van der Waals surface area (Å²) in [7, 11) is 0. The van der Waals surface area contributed by atoms with E-state index in [1.54, 1.807) is 0 Å². The molecule has 2 amide bonds. The minimum atomic E-state index is -0.458. The van der Waals surface area contributed by atoms with Crippen molar-refractivity contribution < 1.29 is 9.59 Å². The molecule has 1 fully saturated rings. The maximum atomic E-state index is 12.4. The van der Waals surface area contributed by atoms with E-state index in [4.69, 9.17) is 0 Å². The Morgan fingerprint density at radius 1 is 1.35 bits per heavy atom. The van der Waals surface area contributed by atoms with E-state index in [0.717, 1.165) is 25.7 Å². The first-order valence-electron chi connectivity index (χ1n) is 7.00. The van der Waals surface area contributed by atoms with E-state index >= 15 is 0 Å². The van der Waals surface area contributed by atoms with Crippen molar-refractivity contribution in [1.82, 2.24) is 25.8 Å². The van der Waals surface area contributed by atoms with Gasteiger partial charge in [0.25, 0.3) is 0 Å². The van der Waals surface area contributed by atoms with Crippen LogP contribution in [0.1, 0.15) is 51.4 Å². The van der Waals surface area contributed by atoms with Gasteiger partial charge in [-0.05, 0) is 25.7 Å². The van der Waals surface area contributed by atoms with E-state index in [-0.39, 0.29) is 23.8 Å². The van der Waals surface area contributed by atoms with Crippen LogP contribution in [0.15, 0.2) is 6.33 Å². The van der Waals surface area contributed by atoms with Gasteiger partial charge in [0.2, 0.25) is 11.8 Å². The zero-order valence-corrected chi connectivity index (χ0v) is 11.8. The molecular formula is C13H21N5O2. The second-order valence-corrected chi connectivity index (χ2v) is 5.32. The van der Waals surface area contributed by atoms with E-state index in [9.17, 15) is 9.59 Å². The van der Waals surface area contributed by atoms with Crippen molar-refractivity contribution >= 4 is 11.8 Å². The van der Waals surface area contributed by atoms with E-state index in [2.05, 4.69) is 25.8 Å². The number of aromatic amines is 1. The van der Waals surface area contributed by atoms with Gasteiger partial charge >= 0.3 is 0 Å². The fourth-order valence-corrected chi connectivity index (χ4v) is 2.70. The minimum Gasteiger partial charge on any atom is -0.345 e. The smallest absolute Gasteiger partial charge is 0.243 e. The Labute approximate surface area is 117 Å². The van der Waals surface area contributed by atoms with Crippen molar-refractivity contribution in [2.45, 2.75) is 51.6 Å². The lowest BCUT2D eigenvalue weighted by atomic mass is 9.97. The van der Waals surface area contributed by atoms with E-state index < -0.39 is 6.04 Å².